The van der Waals surface area contributed by atoms with Crippen molar-refractivity contribution < 1.29 is 39.0 Å². The molecule has 2 heterocycles. The van der Waals surface area contributed by atoms with E-state index in [1.807, 2.05) is 0 Å². The molecule has 0 fully saturated rings. The molecule has 0 spiro atoms. The molecule has 4 amide bonds. The summed E-state index contributed by atoms with van der Waals surface area (Å²) in [6.45, 7) is 5.98. The molecule has 5 N–H and O–H groups in total. The smallest absolute Gasteiger partial charge is 0.305 e. The number of carbonyl (C=O) groups is 6. The molecule has 254 valence electrons. The Bertz CT molecular complexity index is 1760. The van der Waals surface area contributed by atoms with E-state index in [-0.39, 0.29) is 22.9 Å². The number of phenols is 1. The van der Waals surface area contributed by atoms with Gasteiger partial charge in [-0.15, -0.1) is 11.3 Å². The fourth-order valence-electron chi connectivity index (χ4n) is 5.34. The zero-order chi connectivity index (χ0) is 35.4. The van der Waals surface area contributed by atoms with Crippen LogP contribution >= 0.6 is 34.5 Å². The second-order valence-corrected chi connectivity index (χ2v) is 13.4. The fraction of sp³-hybridized carbons (Fsp3) is 0.344. The summed E-state index contributed by atoms with van der Waals surface area (Å²) < 4.78 is 0. The number of phenolic OH excluding ortho intramolecular Hbond substituents is 1. The van der Waals surface area contributed by atoms with Crippen LogP contribution in [0.3, 0.4) is 0 Å². The Kier molecular flexibility index (Phi) is 11.4. The van der Waals surface area contributed by atoms with E-state index in [2.05, 4.69) is 20.9 Å². The summed E-state index contributed by atoms with van der Waals surface area (Å²) in [5, 5.41) is 27.8. The molecule has 3 aromatic rings. The summed E-state index contributed by atoms with van der Waals surface area (Å²) in [4.78, 5) is 83.4. The summed E-state index contributed by atoms with van der Waals surface area (Å²) >= 11 is 13.5. The number of fused-ring (bicyclic) bond motifs is 1. The van der Waals surface area contributed by atoms with Gasteiger partial charge in [-0.2, -0.15) is 0 Å². The first kappa shape index (κ1) is 36.3. The molecule has 2 aromatic carbocycles. The molecular weight excluding hydrogens is 685 g/mol. The van der Waals surface area contributed by atoms with E-state index >= 15 is 0 Å². The van der Waals surface area contributed by atoms with Crippen molar-refractivity contribution in [2.75, 3.05) is 4.90 Å². The van der Waals surface area contributed by atoms with Crippen LogP contribution in [0.1, 0.15) is 49.5 Å². The molecule has 4 atom stereocenters. The number of amides is 4. The van der Waals surface area contributed by atoms with Crippen LogP contribution in [0, 0.1) is 5.92 Å². The number of carboxylic acids is 1. The predicted octanol–water partition coefficient (Wildman–Crippen LogP) is 3.59. The molecule has 48 heavy (non-hydrogen) atoms. The maximum Gasteiger partial charge on any atom is 0.305 e. The molecule has 16 heteroatoms. The number of benzene rings is 2. The number of nitrogens with zero attached hydrogens (tertiary/aromatic N) is 2. The monoisotopic (exact) mass is 717 g/mol. The van der Waals surface area contributed by atoms with Crippen LogP contribution < -0.4 is 20.9 Å². The first-order valence-electron chi connectivity index (χ1n) is 14.8. The lowest BCUT2D eigenvalue weighted by atomic mass is 9.91. The number of aliphatic carboxylic acids is 1. The number of hydrogen-bond donors (Lipinski definition) is 5. The minimum Gasteiger partial charge on any atom is -0.508 e. The van der Waals surface area contributed by atoms with Gasteiger partial charge in [-0.3, -0.25) is 33.7 Å². The average Bonchev–Trinajstić information content (AvgIpc) is 3.47. The highest BCUT2D eigenvalue weighted by atomic mass is 35.5. The van der Waals surface area contributed by atoms with Gasteiger partial charge in [-0.25, -0.2) is 4.98 Å². The first-order chi connectivity index (χ1) is 22.6. The molecule has 0 saturated heterocycles. The highest BCUT2D eigenvalue weighted by Gasteiger charge is 2.42. The summed E-state index contributed by atoms with van der Waals surface area (Å²) in [6.07, 6.45) is 0.741. The molecular formula is C32H33Cl2N5O8S. The Morgan fingerprint density at radius 2 is 1.71 bits per heavy atom. The Balaban J connectivity index is 1.54. The van der Waals surface area contributed by atoms with Crippen LogP contribution in [-0.2, 0) is 30.4 Å². The summed E-state index contributed by atoms with van der Waals surface area (Å²) in [5.74, 6) is -5.42. The van der Waals surface area contributed by atoms with Gasteiger partial charge >= 0.3 is 5.97 Å². The van der Waals surface area contributed by atoms with E-state index in [1.165, 1.54) is 37.1 Å². The number of halogens is 2. The Morgan fingerprint density at radius 1 is 1.04 bits per heavy atom. The maximum absolute atomic E-state index is 13.8. The van der Waals surface area contributed by atoms with E-state index in [4.69, 9.17) is 23.2 Å². The van der Waals surface area contributed by atoms with Crippen LogP contribution in [0.2, 0.25) is 10.0 Å². The summed E-state index contributed by atoms with van der Waals surface area (Å²) in [5.41, 5.74) is 1.33. The fourth-order valence-corrected chi connectivity index (χ4v) is 7.03. The Labute approximate surface area is 289 Å². The largest absolute Gasteiger partial charge is 0.508 e. The SMILES string of the molecule is CC(=O)N[C@H]1Cc2ccc(O)cc2N([C@H](C(=O)N[C@@H](C)C(=O)N[C@@H](CC(=O)O)C(=O)c2ncc(-c3c(Cl)cccc3Cl)s2)C(C)C)C1=O. The number of carboxylic acid groups (broad SMARTS) is 1. The predicted molar refractivity (Wildman–Crippen MR) is 179 cm³/mol. The quantitative estimate of drug-likeness (QED) is 0.174. The van der Waals surface area contributed by atoms with Gasteiger partial charge in [0.15, 0.2) is 5.01 Å². The van der Waals surface area contributed by atoms with Gasteiger partial charge in [0.25, 0.3) is 5.91 Å². The number of carbonyl (C=O) groups excluding carboxylic acids is 5. The molecule has 0 radical (unpaired) electrons. The second kappa shape index (κ2) is 15.1. The van der Waals surface area contributed by atoms with Crippen LogP contribution in [0.5, 0.6) is 5.75 Å². The lowest BCUT2D eigenvalue weighted by molar-refractivity contribution is -0.137. The number of anilines is 1. The minimum atomic E-state index is -1.53. The van der Waals surface area contributed by atoms with Gasteiger partial charge in [-0.05, 0) is 36.6 Å². The van der Waals surface area contributed by atoms with Crippen LogP contribution in [0.4, 0.5) is 5.69 Å². The molecule has 0 saturated carbocycles. The molecule has 1 aliphatic rings. The molecule has 4 rings (SSSR count). The normalized spacial score (nSPS) is 16.0. The van der Waals surface area contributed by atoms with E-state index in [0.717, 1.165) is 11.3 Å². The third-order valence-electron chi connectivity index (χ3n) is 7.53. The standard InChI is InChI=1S/C32H33Cl2N5O8S/c1-14(2)27(39-23-11-18(41)9-8-17(23)10-22(32(39)47)37-16(4)40)30(46)36-15(3)29(45)38-21(12-25(42)43)28(44)31-35-13-24(48-31)26-19(33)6-5-7-20(26)34/h5-9,11,13-15,21-22,27,41H,10,12H2,1-4H3,(H,36,46)(H,37,40)(H,38,45)(H,42,43)/t15-,21-,22-,27-/m0/s1. The molecule has 13 nitrogen and oxygen atoms in total. The summed E-state index contributed by atoms with van der Waals surface area (Å²) in [7, 11) is 0. The average molecular weight is 719 g/mol. The highest BCUT2D eigenvalue weighted by Crippen LogP contribution is 2.38. The van der Waals surface area contributed by atoms with Gasteiger partial charge in [-0.1, -0.05) is 49.2 Å². The van der Waals surface area contributed by atoms with Crippen molar-refractivity contribution in [1.29, 1.82) is 0 Å². The van der Waals surface area contributed by atoms with Crippen molar-refractivity contribution in [3.05, 3.63) is 63.2 Å². The number of hydrogen-bond acceptors (Lipinski definition) is 9. The second-order valence-electron chi connectivity index (χ2n) is 11.5. The van der Waals surface area contributed by atoms with Crippen molar-refractivity contribution in [3.8, 4) is 16.2 Å². The number of nitrogens with one attached hydrogen (secondary N) is 3. The van der Waals surface area contributed by atoms with E-state index in [1.54, 1.807) is 38.1 Å². The Morgan fingerprint density at radius 3 is 2.31 bits per heavy atom. The first-order valence-corrected chi connectivity index (χ1v) is 16.3. The zero-order valence-corrected chi connectivity index (χ0v) is 28.6. The van der Waals surface area contributed by atoms with E-state index in [0.29, 0.717) is 26.0 Å². The third-order valence-corrected chi connectivity index (χ3v) is 9.19. The van der Waals surface area contributed by atoms with Gasteiger partial charge in [0.05, 0.1) is 27.0 Å². The van der Waals surface area contributed by atoms with Gasteiger partial charge in [0, 0.05) is 31.2 Å². The lowest BCUT2D eigenvalue weighted by Gasteiger charge is -2.40. The van der Waals surface area contributed by atoms with Crippen molar-refractivity contribution in [2.45, 2.75) is 64.7 Å². The van der Waals surface area contributed by atoms with E-state index in [9.17, 15) is 39.0 Å². The van der Waals surface area contributed by atoms with Crippen molar-refractivity contribution in [3.63, 3.8) is 0 Å². The van der Waals surface area contributed by atoms with Crippen molar-refractivity contribution >= 4 is 75.6 Å². The molecule has 0 unspecified atom stereocenters. The highest BCUT2D eigenvalue weighted by molar-refractivity contribution is 7.17. The molecule has 1 aromatic heterocycles. The number of aromatic hydroxyl groups is 1. The zero-order valence-electron chi connectivity index (χ0n) is 26.2. The van der Waals surface area contributed by atoms with Crippen LogP contribution in [0.15, 0.2) is 42.6 Å². The maximum atomic E-state index is 13.8. The third kappa shape index (κ3) is 8.12. The van der Waals surface area contributed by atoms with Crippen molar-refractivity contribution in [2.24, 2.45) is 5.92 Å². The molecule has 1 aliphatic heterocycles. The van der Waals surface area contributed by atoms with E-state index < -0.39 is 71.9 Å². The molecule has 0 bridgehead atoms. The van der Waals surface area contributed by atoms with Gasteiger partial charge in [0.1, 0.15) is 29.9 Å². The van der Waals surface area contributed by atoms with Crippen LogP contribution in [0.25, 0.3) is 10.4 Å². The summed E-state index contributed by atoms with van der Waals surface area (Å²) in [6, 6.07) is 4.27. The van der Waals surface area contributed by atoms with Crippen molar-refractivity contribution in [1.82, 2.24) is 20.9 Å². The number of thiazole rings is 1. The van der Waals surface area contributed by atoms with Gasteiger partial charge in [0.2, 0.25) is 23.5 Å². The lowest BCUT2D eigenvalue weighted by Crippen LogP contribution is -2.62. The minimum absolute atomic E-state index is 0.0941. The number of Topliss-reactive ketones (excluding diaryl/α,β-unsaturated/α-hetero) is 1. The topological polar surface area (TPSA) is 195 Å². The number of aromatic nitrogens is 1. The molecule has 0 aliphatic carbocycles. The number of rotatable bonds is 12. The Hall–Kier alpha value is -4.53. The number of ketones is 1. The van der Waals surface area contributed by atoms with Gasteiger partial charge < -0.3 is 26.2 Å². The van der Waals surface area contributed by atoms with Crippen LogP contribution in [-0.4, -0.2) is 74.7 Å².